The van der Waals surface area contributed by atoms with Crippen LogP contribution in [0.15, 0.2) is 0 Å². The molecule has 0 saturated heterocycles. The molecule has 0 rings (SSSR count). The Morgan fingerprint density at radius 1 is 1.25 bits per heavy atom. The van der Waals surface area contributed by atoms with Gasteiger partial charge in [-0.05, 0) is 24.8 Å². The lowest BCUT2D eigenvalue weighted by molar-refractivity contribution is 1.06. The molecule has 2 heteroatoms. The molecule has 52 valence electrons. The summed E-state index contributed by atoms with van der Waals surface area (Å²) in [5.74, 6) is 0. The fourth-order valence-electron chi connectivity index (χ4n) is 0.236. The third-order valence-corrected chi connectivity index (χ3v) is 5.11. The first kappa shape index (κ1) is 8.31. The fraction of sp³-hybridized carbons (Fsp3) is 1.00. The minimum absolute atomic E-state index is 0.486. The van der Waals surface area contributed by atoms with Gasteiger partial charge in [0.25, 0.3) is 0 Å². The second kappa shape index (κ2) is 2.74. The quantitative estimate of drug-likeness (QED) is 0.606. The lowest BCUT2D eigenvalue weighted by Gasteiger charge is -2.35. The zero-order valence-corrected chi connectivity index (χ0v) is 7.30. The van der Waals surface area contributed by atoms with Crippen LogP contribution >= 0.6 is 10.2 Å². The maximum atomic E-state index is 3.32. The summed E-state index contributed by atoms with van der Waals surface area (Å²) in [6, 6.07) is 0. The van der Waals surface area contributed by atoms with Gasteiger partial charge in [-0.25, -0.2) is 0 Å². The molecule has 0 aliphatic rings. The molecule has 0 aromatic rings. The van der Waals surface area contributed by atoms with E-state index in [4.69, 9.17) is 0 Å². The van der Waals surface area contributed by atoms with Crippen LogP contribution in [0.3, 0.4) is 0 Å². The third-order valence-electron chi connectivity index (χ3n) is 1.70. The van der Waals surface area contributed by atoms with Crippen molar-refractivity contribution in [2.45, 2.75) is 19.1 Å². The molecule has 1 N–H and O–H groups in total. The predicted octanol–water partition coefficient (Wildman–Crippen LogP) is 1.59. The number of nitrogens with one attached hydrogen (secondary N) is 1. The van der Waals surface area contributed by atoms with Gasteiger partial charge in [0, 0.05) is 0 Å². The highest BCUT2D eigenvalue weighted by Crippen LogP contribution is 2.38. The van der Waals surface area contributed by atoms with Crippen molar-refractivity contribution in [1.82, 2.24) is 4.72 Å². The Bertz CT molecular complexity index is 68.9. The summed E-state index contributed by atoms with van der Waals surface area (Å²) < 4.78 is 3.32. The van der Waals surface area contributed by atoms with Crippen molar-refractivity contribution >= 4 is 10.2 Å². The molecule has 0 aliphatic carbocycles. The number of hydrogen-bond donors (Lipinski definition) is 1. The number of hydrogen-bond acceptors (Lipinski definition) is 1. The van der Waals surface area contributed by atoms with E-state index in [9.17, 15) is 0 Å². The molecule has 0 aromatic carbocycles. The van der Waals surface area contributed by atoms with Crippen LogP contribution in [0.5, 0.6) is 0 Å². The average Bonchev–Trinajstić information content (AvgIpc) is 1.67. The van der Waals surface area contributed by atoms with E-state index in [0.29, 0.717) is 0 Å². The van der Waals surface area contributed by atoms with Crippen molar-refractivity contribution in [2.24, 2.45) is 0 Å². The van der Waals surface area contributed by atoms with Gasteiger partial charge in [-0.1, -0.05) is 13.8 Å². The maximum absolute atomic E-state index is 3.32. The van der Waals surface area contributed by atoms with Crippen molar-refractivity contribution in [1.29, 1.82) is 0 Å². The van der Waals surface area contributed by atoms with Crippen LogP contribution in [-0.2, 0) is 0 Å². The Morgan fingerprint density at radius 2 is 1.62 bits per heavy atom. The lowest BCUT2D eigenvalue weighted by Crippen LogP contribution is -2.21. The first-order valence-corrected chi connectivity index (χ1v) is 5.42. The Morgan fingerprint density at radius 3 is 1.62 bits per heavy atom. The molecule has 0 spiro atoms. The van der Waals surface area contributed by atoms with Crippen LogP contribution in [0.1, 0.15) is 13.8 Å². The monoisotopic (exact) mass is 135 g/mol. The van der Waals surface area contributed by atoms with Gasteiger partial charge in [0.1, 0.15) is 0 Å². The van der Waals surface area contributed by atoms with Crippen molar-refractivity contribution in [2.75, 3.05) is 19.6 Å². The van der Waals surface area contributed by atoms with Crippen LogP contribution < -0.4 is 4.72 Å². The third kappa shape index (κ3) is 2.05. The highest BCUT2D eigenvalue weighted by molar-refractivity contribution is 8.31. The smallest absolute Gasteiger partial charge is 0.00572 e. The Balaban J connectivity index is 3.71. The van der Waals surface area contributed by atoms with E-state index >= 15 is 0 Å². The van der Waals surface area contributed by atoms with Crippen LogP contribution in [0, 0.1) is 0 Å². The highest BCUT2D eigenvalue weighted by Gasteiger charge is 2.11. The molecule has 0 heterocycles. The van der Waals surface area contributed by atoms with Gasteiger partial charge >= 0.3 is 0 Å². The minimum Gasteiger partial charge on any atom is -0.284 e. The first-order chi connectivity index (χ1) is 3.50. The lowest BCUT2D eigenvalue weighted by atomic mass is 10.6. The van der Waals surface area contributed by atoms with Crippen molar-refractivity contribution in [3.63, 3.8) is 0 Å². The zero-order valence-electron chi connectivity index (χ0n) is 6.49. The van der Waals surface area contributed by atoms with Crippen molar-refractivity contribution < 1.29 is 0 Å². The Labute approximate surface area is 54.3 Å². The summed E-state index contributed by atoms with van der Waals surface area (Å²) in [5.41, 5.74) is 0. The maximum Gasteiger partial charge on any atom is -0.00572 e. The van der Waals surface area contributed by atoms with Gasteiger partial charge in [-0.3, -0.25) is 4.72 Å². The van der Waals surface area contributed by atoms with Gasteiger partial charge < -0.3 is 0 Å². The molecule has 0 aromatic heterocycles. The van der Waals surface area contributed by atoms with E-state index in [1.807, 2.05) is 7.05 Å². The summed E-state index contributed by atoms with van der Waals surface area (Å²) >= 11 is 0. The van der Waals surface area contributed by atoms with Gasteiger partial charge in [-0.15, -0.1) is 0 Å². The van der Waals surface area contributed by atoms with E-state index in [1.54, 1.807) is 0 Å². The normalized spacial score (nSPS) is 14.8. The molecular formula is C6H17NS. The van der Waals surface area contributed by atoms with E-state index in [0.717, 1.165) is 5.25 Å². The van der Waals surface area contributed by atoms with Crippen molar-refractivity contribution in [3.05, 3.63) is 0 Å². The second-order valence-electron chi connectivity index (χ2n) is 2.66. The van der Waals surface area contributed by atoms with Gasteiger partial charge in [0.2, 0.25) is 0 Å². The predicted molar refractivity (Wildman–Crippen MR) is 43.6 cm³/mol. The Hall–Kier alpha value is 0.310. The molecular weight excluding hydrogens is 118 g/mol. The second-order valence-corrected chi connectivity index (χ2v) is 6.82. The van der Waals surface area contributed by atoms with E-state index in [1.165, 1.54) is 0 Å². The molecule has 0 radical (unpaired) electrons. The molecule has 0 saturated carbocycles. The summed E-state index contributed by atoms with van der Waals surface area (Å²) in [7, 11) is 1.55. The van der Waals surface area contributed by atoms with E-state index in [2.05, 4.69) is 31.1 Å². The summed E-state index contributed by atoms with van der Waals surface area (Å²) in [6.07, 6.45) is 4.58. The van der Waals surface area contributed by atoms with Gasteiger partial charge in [-0.2, -0.15) is 10.2 Å². The molecule has 0 aliphatic heterocycles. The largest absolute Gasteiger partial charge is 0.284 e. The van der Waals surface area contributed by atoms with Crippen LogP contribution in [0.2, 0.25) is 0 Å². The van der Waals surface area contributed by atoms with Crippen LogP contribution in [0.4, 0.5) is 0 Å². The SMILES string of the molecule is CNS(C)(C)C(C)C. The highest BCUT2D eigenvalue weighted by atomic mass is 32.3. The van der Waals surface area contributed by atoms with Crippen LogP contribution in [-0.4, -0.2) is 24.8 Å². The zero-order chi connectivity index (χ0) is 6.78. The fourth-order valence-corrected chi connectivity index (χ4v) is 0.707. The summed E-state index contributed by atoms with van der Waals surface area (Å²) in [4.78, 5) is 0. The summed E-state index contributed by atoms with van der Waals surface area (Å²) in [6.45, 7) is 4.51. The molecule has 0 unspecified atom stereocenters. The molecule has 1 nitrogen and oxygen atoms in total. The minimum atomic E-state index is -0.486. The molecule has 0 fully saturated rings. The standard InChI is InChI=1S/C6H17NS/c1-6(2)8(4,5)7-3/h6-7H,1-5H3. The van der Waals surface area contributed by atoms with E-state index in [-0.39, 0.29) is 0 Å². The summed E-state index contributed by atoms with van der Waals surface area (Å²) in [5, 5.41) is 0.785. The molecule has 0 amide bonds. The molecule has 0 bridgehead atoms. The van der Waals surface area contributed by atoms with Gasteiger partial charge in [0.05, 0.1) is 0 Å². The average molecular weight is 135 g/mol. The van der Waals surface area contributed by atoms with Gasteiger partial charge in [0.15, 0.2) is 0 Å². The van der Waals surface area contributed by atoms with E-state index < -0.39 is 10.2 Å². The molecule has 8 heavy (non-hydrogen) atoms. The van der Waals surface area contributed by atoms with Crippen LogP contribution in [0.25, 0.3) is 0 Å². The Kier molecular flexibility index (Phi) is 2.84. The van der Waals surface area contributed by atoms with Crippen molar-refractivity contribution in [3.8, 4) is 0 Å². The molecule has 0 atom stereocenters. The first-order valence-electron chi connectivity index (χ1n) is 2.91. The topological polar surface area (TPSA) is 12.0 Å². The number of rotatable bonds is 2.